The number of benzene rings is 3. The van der Waals surface area contributed by atoms with Gasteiger partial charge in [0, 0.05) is 33.1 Å². The topological polar surface area (TPSA) is 196 Å². The van der Waals surface area contributed by atoms with Gasteiger partial charge in [0.2, 0.25) is 6.79 Å². The minimum Gasteiger partial charge on any atom is -0.508 e. The fraction of sp³-hybridized carbons (Fsp3) is 0.259. The lowest BCUT2D eigenvalue weighted by Crippen LogP contribution is -2.56. The van der Waals surface area contributed by atoms with E-state index in [9.17, 15) is 35.1 Å². The first-order valence-electron chi connectivity index (χ1n) is 12.5. The van der Waals surface area contributed by atoms with Gasteiger partial charge in [0.05, 0.1) is 34.3 Å². The van der Waals surface area contributed by atoms with E-state index in [0.717, 1.165) is 0 Å². The molecule has 2 aromatic heterocycles. The van der Waals surface area contributed by atoms with Gasteiger partial charge in [-0.3, -0.25) is 14.9 Å². The monoisotopic (exact) mass is 547 g/mol. The summed E-state index contributed by atoms with van der Waals surface area (Å²) in [5.74, 6) is -0.499. The number of hydrogen-bond donors (Lipinski definition) is 7. The van der Waals surface area contributed by atoms with Crippen LogP contribution in [0.1, 0.15) is 26.9 Å². The molecule has 3 aliphatic heterocycles. The van der Waals surface area contributed by atoms with Crippen molar-refractivity contribution in [1.82, 2.24) is 14.9 Å². The predicted molar refractivity (Wildman–Crippen MR) is 137 cm³/mol. The van der Waals surface area contributed by atoms with Gasteiger partial charge in [-0.15, -0.1) is 0 Å². The van der Waals surface area contributed by atoms with Crippen molar-refractivity contribution in [2.24, 2.45) is 0 Å². The second-order valence-corrected chi connectivity index (χ2v) is 10.2. The number of nitrogens with zero attached hydrogens (tertiary/aromatic N) is 1. The number of ether oxygens (including phenoxy) is 3. The lowest BCUT2D eigenvalue weighted by atomic mass is 9.96. The number of amides is 2. The minimum atomic E-state index is -1.67. The van der Waals surface area contributed by atoms with Gasteiger partial charge in [-0.2, -0.15) is 0 Å². The number of phenols is 1. The number of aliphatic hydroxyl groups excluding tert-OH is 4. The summed E-state index contributed by atoms with van der Waals surface area (Å²) in [5.41, 5.74) is 1.92. The van der Waals surface area contributed by atoms with Gasteiger partial charge >= 0.3 is 0 Å². The Morgan fingerprint density at radius 1 is 0.900 bits per heavy atom. The molecule has 0 radical (unpaired) electrons. The fourth-order valence-corrected chi connectivity index (χ4v) is 6.31. The Bertz CT molecular complexity index is 1960. The Balaban J connectivity index is 1.60. The second kappa shape index (κ2) is 7.84. The number of imide groups is 1. The third-order valence-electron chi connectivity index (χ3n) is 8.07. The van der Waals surface area contributed by atoms with Crippen LogP contribution in [-0.4, -0.2) is 84.7 Å². The highest BCUT2D eigenvalue weighted by Crippen LogP contribution is 2.49. The van der Waals surface area contributed by atoms with E-state index in [4.69, 9.17) is 14.2 Å². The number of aromatic hydroxyl groups is 1. The quantitative estimate of drug-likeness (QED) is 0.155. The van der Waals surface area contributed by atoms with E-state index >= 15 is 0 Å². The zero-order chi connectivity index (χ0) is 27.6. The molecular weight excluding hydrogens is 526 g/mol. The Kier molecular flexibility index (Phi) is 4.60. The standard InChI is InChI=1S/C27H21N3O10/c31-6-15-22(33)23(34)24(35)27(40-15)30-12-5-14-13(38-7-39-14)4-10(12)17-19-18(25(36)29-26(19)37)16-9-3-8(32)1-2-11(9)28-20(16)21(17)30/h1-5,15,22-24,27-28,31-35H,6-7H2,(H,29,36,37). The van der Waals surface area contributed by atoms with Crippen LogP contribution in [0.4, 0.5) is 0 Å². The number of aromatic amines is 1. The van der Waals surface area contributed by atoms with Crippen LogP contribution in [0.3, 0.4) is 0 Å². The van der Waals surface area contributed by atoms with Crippen molar-refractivity contribution in [1.29, 1.82) is 0 Å². The highest BCUT2D eigenvalue weighted by molar-refractivity contribution is 6.39. The predicted octanol–water partition coefficient (Wildman–Crippen LogP) is 0.719. The number of aromatic nitrogens is 2. The van der Waals surface area contributed by atoms with Crippen molar-refractivity contribution in [3.8, 4) is 17.2 Å². The van der Waals surface area contributed by atoms with Crippen molar-refractivity contribution in [2.45, 2.75) is 30.6 Å². The van der Waals surface area contributed by atoms with Crippen molar-refractivity contribution >= 4 is 55.4 Å². The number of aliphatic hydroxyl groups is 4. The molecule has 0 aliphatic carbocycles. The molecule has 13 nitrogen and oxygen atoms in total. The van der Waals surface area contributed by atoms with E-state index in [2.05, 4.69) is 10.3 Å². The molecule has 204 valence electrons. The first kappa shape index (κ1) is 23.5. The van der Waals surface area contributed by atoms with Crippen LogP contribution in [0.5, 0.6) is 17.2 Å². The molecule has 0 saturated carbocycles. The summed E-state index contributed by atoms with van der Waals surface area (Å²) in [5, 5.41) is 56.5. The summed E-state index contributed by atoms with van der Waals surface area (Å²) in [4.78, 5) is 29.8. The molecule has 13 heteroatoms. The van der Waals surface area contributed by atoms with Crippen LogP contribution in [0.2, 0.25) is 0 Å². The summed E-state index contributed by atoms with van der Waals surface area (Å²) >= 11 is 0. The summed E-state index contributed by atoms with van der Waals surface area (Å²) in [6, 6.07) is 7.90. The second-order valence-electron chi connectivity index (χ2n) is 10.2. The minimum absolute atomic E-state index is 0.0350. The number of carbonyl (C=O) groups is 2. The molecule has 5 unspecified atom stereocenters. The maximum Gasteiger partial charge on any atom is 0.259 e. The average Bonchev–Trinajstić information content (AvgIpc) is 3.68. The van der Waals surface area contributed by atoms with Gasteiger partial charge in [0.25, 0.3) is 11.8 Å². The van der Waals surface area contributed by atoms with Crippen molar-refractivity contribution in [3.63, 3.8) is 0 Å². The maximum absolute atomic E-state index is 13.3. The highest BCUT2D eigenvalue weighted by atomic mass is 16.7. The Hall–Kier alpha value is -4.40. The smallest absolute Gasteiger partial charge is 0.259 e. The van der Waals surface area contributed by atoms with Gasteiger partial charge in [0.15, 0.2) is 17.7 Å². The molecule has 2 amide bonds. The number of phenolic OH excluding ortho intramolecular Hbond substituents is 1. The molecule has 5 atom stereocenters. The molecule has 7 N–H and O–H groups in total. The number of carbonyl (C=O) groups excluding carboxylic acids is 2. The molecule has 1 saturated heterocycles. The zero-order valence-corrected chi connectivity index (χ0v) is 20.4. The van der Waals surface area contributed by atoms with E-state index in [1.54, 1.807) is 22.8 Å². The van der Waals surface area contributed by atoms with E-state index in [-0.39, 0.29) is 23.7 Å². The van der Waals surface area contributed by atoms with Crippen LogP contribution in [0.15, 0.2) is 30.3 Å². The Labute approximate surface area is 222 Å². The third kappa shape index (κ3) is 2.82. The number of rotatable bonds is 2. The third-order valence-corrected chi connectivity index (χ3v) is 8.07. The van der Waals surface area contributed by atoms with Gasteiger partial charge in [-0.05, 0) is 24.3 Å². The molecule has 0 spiro atoms. The van der Waals surface area contributed by atoms with Gasteiger partial charge in [0.1, 0.15) is 30.2 Å². The molecule has 3 aliphatic rings. The summed E-state index contributed by atoms with van der Waals surface area (Å²) in [7, 11) is 0. The molecule has 3 aromatic carbocycles. The van der Waals surface area contributed by atoms with Crippen LogP contribution < -0.4 is 14.8 Å². The van der Waals surface area contributed by atoms with Crippen LogP contribution >= 0.6 is 0 Å². The molecule has 0 bridgehead atoms. The number of H-pyrrole nitrogens is 1. The molecule has 5 heterocycles. The van der Waals surface area contributed by atoms with Gasteiger partial charge in [-0.1, -0.05) is 0 Å². The average molecular weight is 547 g/mol. The van der Waals surface area contributed by atoms with E-state index in [1.807, 2.05) is 0 Å². The van der Waals surface area contributed by atoms with E-state index in [1.165, 1.54) is 12.1 Å². The molecule has 40 heavy (non-hydrogen) atoms. The van der Waals surface area contributed by atoms with E-state index < -0.39 is 49.1 Å². The van der Waals surface area contributed by atoms with Gasteiger partial charge in [-0.25, -0.2) is 0 Å². The van der Waals surface area contributed by atoms with Crippen molar-refractivity contribution < 1.29 is 49.3 Å². The highest BCUT2D eigenvalue weighted by Gasteiger charge is 2.46. The summed E-state index contributed by atoms with van der Waals surface area (Å²) < 4.78 is 18.7. The fourth-order valence-electron chi connectivity index (χ4n) is 6.31. The van der Waals surface area contributed by atoms with Crippen LogP contribution in [0.25, 0.3) is 43.6 Å². The zero-order valence-electron chi connectivity index (χ0n) is 20.4. The Morgan fingerprint density at radius 3 is 2.38 bits per heavy atom. The molecule has 1 fully saturated rings. The lowest BCUT2D eigenvalue weighted by molar-refractivity contribution is -0.249. The van der Waals surface area contributed by atoms with Crippen molar-refractivity contribution in [2.75, 3.05) is 13.4 Å². The first-order chi connectivity index (χ1) is 19.3. The number of nitrogens with one attached hydrogen (secondary N) is 2. The lowest BCUT2D eigenvalue weighted by Gasteiger charge is -2.41. The molecular formula is C27H21N3O10. The largest absolute Gasteiger partial charge is 0.508 e. The summed E-state index contributed by atoms with van der Waals surface area (Å²) in [6.07, 6.45) is -7.48. The van der Waals surface area contributed by atoms with Crippen LogP contribution in [0, 0.1) is 0 Å². The number of fused-ring (bicyclic) bond motifs is 11. The maximum atomic E-state index is 13.3. The molecule has 8 rings (SSSR count). The Morgan fingerprint density at radius 2 is 1.62 bits per heavy atom. The molecule has 5 aromatic rings. The SMILES string of the molecule is O=C1NC(=O)c2c1c1c3cc(O)ccc3[nH]c1c1c2c2cc3c(cc2n1C1OC(CO)C(O)C(O)C1O)OCO3. The normalized spacial score (nSPS) is 25.9. The van der Waals surface area contributed by atoms with Crippen molar-refractivity contribution in [3.05, 3.63) is 41.5 Å². The van der Waals surface area contributed by atoms with Gasteiger partial charge < -0.3 is 49.3 Å². The summed E-state index contributed by atoms with van der Waals surface area (Å²) in [6.45, 7) is -0.676. The van der Waals surface area contributed by atoms with E-state index in [0.29, 0.717) is 55.1 Å². The number of hydrogen-bond acceptors (Lipinski definition) is 10. The first-order valence-corrected chi connectivity index (χ1v) is 12.5. The van der Waals surface area contributed by atoms with Crippen LogP contribution in [-0.2, 0) is 4.74 Å².